The summed E-state index contributed by atoms with van der Waals surface area (Å²) in [7, 11) is 2.10. The lowest BCUT2D eigenvalue weighted by molar-refractivity contribution is 0.606. The third kappa shape index (κ3) is 1.67. The van der Waals surface area contributed by atoms with Crippen molar-refractivity contribution in [3.63, 3.8) is 0 Å². The Kier molecular flexibility index (Phi) is 2.55. The molecule has 1 aromatic heterocycles. The van der Waals surface area contributed by atoms with Crippen molar-refractivity contribution in [3.8, 4) is 0 Å². The average Bonchev–Trinajstić information content (AvgIpc) is 2.60. The van der Waals surface area contributed by atoms with Crippen molar-refractivity contribution < 1.29 is 0 Å². The van der Waals surface area contributed by atoms with Crippen molar-refractivity contribution in [1.82, 2.24) is 4.57 Å². The molecule has 0 aliphatic carbocycles. The van der Waals surface area contributed by atoms with Gasteiger partial charge in [0.25, 0.3) is 0 Å². The van der Waals surface area contributed by atoms with E-state index >= 15 is 0 Å². The minimum Gasteiger partial charge on any atom is -0.350 e. The summed E-state index contributed by atoms with van der Waals surface area (Å²) in [5.41, 5.74) is 2.83. The molecule has 0 fully saturated rings. The quantitative estimate of drug-likeness (QED) is 0.739. The Bertz CT molecular complexity index is 482. The molecule has 0 aliphatic rings. The Morgan fingerprint density at radius 1 is 1.27 bits per heavy atom. The lowest BCUT2D eigenvalue weighted by Crippen LogP contribution is -2.20. The first kappa shape index (κ1) is 10.6. The van der Waals surface area contributed by atoms with E-state index in [4.69, 9.17) is 0 Å². The fourth-order valence-corrected chi connectivity index (χ4v) is 2.16. The average molecular weight is 219 g/mol. The second-order valence-corrected chi connectivity index (χ2v) is 5.03. The van der Waals surface area contributed by atoms with E-state index in [1.54, 1.807) is 0 Å². The summed E-state index contributed by atoms with van der Waals surface area (Å²) in [6, 6.07) is 8.66. The third-order valence-electron chi connectivity index (χ3n) is 3.02. The minimum atomic E-state index is 0.120. The van der Waals surface area contributed by atoms with E-state index in [1.165, 1.54) is 16.5 Å². The summed E-state index contributed by atoms with van der Waals surface area (Å²) in [6.07, 6.45) is 2.11. The number of hydrogen-bond acceptors (Lipinski definition) is 1. The topological polar surface area (TPSA) is 4.93 Å². The van der Waals surface area contributed by atoms with Gasteiger partial charge in [0.15, 0.2) is 0 Å². The van der Waals surface area contributed by atoms with E-state index < -0.39 is 0 Å². The van der Waals surface area contributed by atoms with Crippen LogP contribution >= 0.6 is 12.6 Å². The van der Waals surface area contributed by atoms with Crippen LogP contribution in [-0.4, -0.2) is 10.3 Å². The third-order valence-corrected chi connectivity index (χ3v) is 3.81. The van der Waals surface area contributed by atoms with Gasteiger partial charge in [-0.1, -0.05) is 32.0 Å². The summed E-state index contributed by atoms with van der Waals surface area (Å²) >= 11 is 4.44. The molecule has 0 radical (unpaired) electrons. The Morgan fingerprint density at radius 3 is 2.67 bits per heavy atom. The van der Waals surface area contributed by atoms with Gasteiger partial charge in [0.05, 0.1) is 5.52 Å². The second-order valence-electron chi connectivity index (χ2n) is 4.71. The maximum atomic E-state index is 4.44. The highest BCUT2D eigenvalue weighted by atomic mass is 32.1. The first-order chi connectivity index (χ1) is 7.06. The Hall–Kier alpha value is -0.890. The molecule has 0 saturated heterocycles. The van der Waals surface area contributed by atoms with Crippen LogP contribution in [-0.2, 0) is 12.5 Å². The van der Waals surface area contributed by atoms with Gasteiger partial charge in [0.1, 0.15) is 0 Å². The van der Waals surface area contributed by atoms with Crippen LogP contribution in [0.2, 0.25) is 0 Å². The fourth-order valence-electron chi connectivity index (χ4n) is 1.99. The molecule has 80 valence electrons. The van der Waals surface area contributed by atoms with Crippen LogP contribution in [0.25, 0.3) is 10.9 Å². The SMILES string of the molecule is Cn1ccc2cccc(C(C)(C)CS)c21. The molecule has 1 nitrogen and oxygen atoms in total. The summed E-state index contributed by atoms with van der Waals surface area (Å²) < 4.78 is 2.19. The molecule has 0 N–H and O–H groups in total. The zero-order valence-electron chi connectivity index (χ0n) is 9.49. The molecule has 0 unspecified atom stereocenters. The molecule has 0 amide bonds. The van der Waals surface area contributed by atoms with Crippen LogP contribution < -0.4 is 0 Å². The first-order valence-electron chi connectivity index (χ1n) is 5.21. The fraction of sp³-hybridized carbons (Fsp3) is 0.385. The zero-order valence-corrected chi connectivity index (χ0v) is 10.4. The van der Waals surface area contributed by atoms with Gasteiger partial charge in [-0.05, 0) is 22.8 Å². The molecule has 0 saturated carbocycles. The first-order valence-corrected chi connectivity index (χ1v) is 5.85. The van der Waals surface area contributed by atoms with E-state index in [9.17, 15) is 0 Å². The summed E-state index contributed by atoms with van der Waals surface area (Å²) in [5.74, 6) is 0.858. The van der Waals surface area contributed by atoms with Gasteiger partial charge < -0.3 is 4.57 Å². The molecule has 0 aliphatic heterocycles. The smallest absolute Gasteiger partial charge is 0.0515 e. The number of thiol groups is 1. The van der Waals surface area contributed by atoms with Gasteiger partial charge in [0, 0.05) is 18.7 Å². The number of benzene rings is 1. The van der Waals surface area contributed by atoms with Crippen LogP contribution in [0.1, 0.15) is 19.4 Å². The predicted molar refractivity (Wildman–Crippen MR) is 69.8 cm³/mol. The molecule has 1 heterocycles. The summed E-state index contributed by atoms with van der Waals surface area (Å²) in [4.78, 5) is 0. The van der Waals surface area contributed by atoms with Crippen LogP contribution in [0.15, 0.2) is 30.5 Å². The molecule has 0 atom stereocenters. The molecule has 0 bridgehead atoms. The predicted octanol–water partition coefficient (Wildman–Crippen LogP) is 3.39. The number of nitrogens with zero attached hydrogens (tertiary/aromatic N) is 1. The second kappa shape index (κ2) is 3.60. The van der Waals surface area contributed by atoms with Crippen molar-refractivity contribution in [2.75, 3.05) is 5.75 Å². The van der Waals surface area contributed by atoms with Crippen LogP contribution in [0, 0.1) is 0 Å². The van der Waals surface area contributed by atoms with E-state index in [0.717, 1.165) is 5.75 Å². The van der Waals surface area contributed by atoms with Gasteiger partial charge >= 0.3 is 0 Å². The highest BCUT2D eigenvalue weighted by Gasteiger charge is 2.21. The van der Waals surface area contributed by atoms with E-state index in [0.29, 0.717) is 0 Å². The Balaban J connectivity index is 2.75. The van der Waals surface area contributed by atoms with Gasteiger partial charge in [0.2, 0.25) is 0 Å². The lowest BCUT2D eigenvalue weighted by Gasteiger charge is -2.24. The van der Waals surface area contributed by atoms with Crippen molar-refractivity contribution in [1.29, 1.82) is 0 Å². The normalized spacial score (nSPS) is 12.3. The van der Waals surface area contributed by atoms with Gasteiger partial charge in [-0.3, -0.25) is 0 Å². The molecular weight excluding hydrogens is 202 g/mol. The number of para-hydroxylation sites is 1. The van der Waals surface area contributed by atoms with Crippen molar-refractivity contribution in [3.05, 3.63) is 36.0 Å². The number of hydrogen-bond donors (Lipinski definition) is 1. The molecule has 0 spiro atoms. The van der Waals surface area contributed by atoms with E-state index in [1.807, 2.05) is 0 Å². The van der Waals surface area contributed by atoms with Crippen LogP contribution in [0.3, 0.4) is 0 Å². The monoisotopic (exact) mass is 219 g/mol. The molecular formula is C13H17NS. The van der Waals surface area contributed by atoms with Crippen molar-refractivity contribution in [2.24, 2.45) is 7.05 Å². The standard InChI is InChI=1S/C13H17NS/c1-13(2,9-15)11-6-4-5-10-7-8-14(3)12(10)11/h4-8,15H,9H2,1-3H3. The zero-order chi connectivity index (χ0) is 11.1. The number of aromatic nitrogens is 1. The number of rotatable bonds is 2. The highest BCUT2D eigenvalue weighted by Crippen LogP contribution is 2.31. The van der Waals surface area contributed by atoms with Crippen LogP contribution in [0.5, 0.6) is 0 Å². The van der Waals surface area contributed by atoms with E-state index in [-0.39, 0.29) is 5.41 Å². The van der Waals surface area contributed by atoms with Crippen molar-refractivity contribution in [2.45, 2.75) is 19.3 Å². The Morgan fingerprint density at radius 2 is 2.00 bits per heavy atom. The largest absolute Gasteiger partial charge is 0.350 e. The van der Waals surface area contributed by atoms with Gasteiger partial charge in [-0.25, -0.2) is 0 Å². The van der Waals surface area contributed by atoms with Crippen molar-refractivity contribution >= 4 is 23.5 Å². The van der Waals surface area contributed by atoms with Gasteiger partial charge in [-0.15, -0.1) is 0 Å². The Labute approximate surface area is 96.5 Å². The molecule has 2 aromatic rings. The van der Waals surface area contributed by atoms with E-state index in [2.05, 4.69) is 68.6 Å². The number of aryl methyl sites for hydroxylation is 1. The maximum Gasteiger partial charge on any atom is 0.0515 e. The number of fused-ring (bicyclic) bond motifs is 1. The summed E-state index contributed by atoms with van der Waals surface area (Å²) in [5, 5.41) is 1.31. The minimum absolute atomic E-state index is 0.120. The lowest BCUT2D eigenvalue weighted by atomic mass is 9.85. The van der Waals surface area contributed by atoms with Gasteiger partial charge in [-0.2, -0.15) is 12.6 Å². The maximum absolute atomic E-state index is 4.44. The molecule has 15 heavy (non-hydrogen) atoms. The molecule has 2 rings (SSSR count). The highest BCUT2D eigenvalue weighted by molar-refractivity contribution is 7.80. The van der Waals surface area contributed by atoms with Crippen LogP contribution in [0.4, 0.5) is 0 Å². The molecule has 1 aromatic carbocycles. The summed E-state index contributed by atoms with van der Waals surface area (Å²) in [6.45, 7) is 4.48. The molecule has 2 heteroatoms.